The van der Waals surface area contributed by atoms with Gasteiger partial charge in [0, 0.05) is 5.56 Å². The van der Waals surface area contributed by atoms with Crippen LogP contribution in [-0.4, -0.2) is 55.5 Å². The molecule has 0 aromatic heterocycles. The van der Waals surface area contributed by atoms with E-state index in [1.54, 1.807) is 0 Å². The fraction of sp³-hybridized carbons (Fsp3) is 0.545. The van der Waals surface area contributed by atoms with Crippen molar-refractivity contribution >= 4 is 17.9 Å². The quantitative estimate of drug-likeness (QED) is 0.0104. The van der Waals surface area contributed by atoms with Crippen molar-refractivity contribution in [1.29, 1.82) is 0 Å². The number of unbranched alkanes of at least 4 members (excludes halogenated alkanes) is 6. The van der Waals surface area contributed by atoms with Crippen LogP contribution in [0.2, 0.25) is 0 Å². The summed E-state index contributed by atoms with van der Waals surface area (Å²) in [7, 11) is 0. The van der Waals surface area contributed by atoms with E-state index in [2.05, 4.69) is 158 Å². The minimum absolute atomic E-state index is 0.226. The van der Waals surface area contributed by atoms with Crippen molar-refractivity contribution in [3.8, 4) is 11.1 Å². The largest absolute Gasteiger partial charge is 0.453 e. The smallest absolute Gasteiger partial charge is 0.340 e. The maximum Gasteiger partial charge on any atom is 0.340 e. The van der Waals surface area contributed by atoms with Crippen molar-refractivity contribution in [1.82, 2.24) is 0 Å². The normalized spacial score (nSPS) is 24.4. The first kappa shape index (κ1) is 82.7. The van der Waals surface area contributed by atoms with Gasteiger partial charge in [-0.1, -0.05) is 283 Å². The van der Waals surface area contributed by atoms with Gasteiger partial charge in [0.2, 0.25) is 0 Å². The van der Waals surface area contributed by atoms with Crippen molar-refractivity contribution in [2.75, 3.05) is 13.2 Å². The van der Waals surface area contributed by atoms with E-state index in [0.29, 0.717) is 40.4 Å². The molecule has 2 saturated heterocycles. The van der Waals surface area contributed by atoms with E-state index in [-0.39, 0.29) is 31.8 Å². The summed E-state index contributed by atoms with van der Waals surface area (Å²) < 4.78 is 29.5. The van der Waals surface area contributed by atoms with Crippen molar-refractivity contribution in [3.05, 3.63) is 237 Å². The zero-order valence-electron chi connectivity index (χ0n) is 67.2. The van der Waals surface area contributed by atoms with E-state index in [1.165, 1.54) is 237 Å². The van der Waals surface area contributed by atoms with Gasteiger partial charge in [-0.05, 0) is 237 Å². The Hall–Kier alpha value is -7.21. The van der Waals surface area contributed by atoms with Gasteiger partial charge in [-0.15, -0.1) is 0 Å². The zero-order chi connectivity index (χ0) is 76.1. The highest BCUT2D eigenvalue weighted by Gasteiger charge is 2.51. The maximum absolute atomic E-state index is 13.2. The standard InChI is InChI=1S/C42H58O6.C39H50O4.C18H22/c1-3-5-7-9-29-11-15-31(16-12-29)33-19-23-35(24-20-33)41(43)47-37-27-45-40-38(28-46-39(37)40)48-42(44)36-25-21-34(22-26-36)32-17-13-30(14-18-32)10-8-6-4-2;1-3-4-6-9-30-14-20-33(21-15-30)35-24-26-36(27-25-35)38(40)42-39(37-10-7-5-8-11-37)43-41-28-31-16-22-34(23-17-31)32-18-12-29(2)13-19-32;1-4-14(2)13-16-7-11-18(12-8-16)17-9-5-15(3)6-10-17/h19-26,29-32,37-40H,3-18,27-28H2,1-2H3;5,7-8,10-11,16-17,22-27,29-30,32-33,39H,3-4,6,9,12-15,18-21,28H2,1-2H3;5-12,14H,4,13H2,1-3H3/t29?,30?,31?,32?,37-,38+,39-,40?;;/m1../s1. The predicted molar refractivity (Wildman–Crippen MR) is 441 cm³/mol. The van der Waals surface area contributed by atoms with Gasteiger partial charge >= 0.3 is 17.9 Å². The fourth-order valence-electron chi connectivity index (χ4n) is 17.8. The van der Waals surface area contributed by atoms with Gasteiger partial charge in [-0.25, -0.2) is 19.3 Å². The number of rotatable bonds is 31. The van der Waals surface area contributed by atoms with E-state index in [4.69, 9.17) is 33.5 Å². The van der Waals surface area contributed by atoms with Crippen molar-refractivity contribution in [2.45, 2.75) is 302 Å². The number of benzene rings is 7. The summed E-state index contributed by atoms with van der Waals surface area (Å²) in [4.78, 5) is 50.7. The molecular formula is C99H130O10. The lowest BCUT2D eigenvalue weighted by Gasteiger charge is -2.29. The van der Waals surface area contributed by atoms with Crippen molar-refractivity contribution < 1.29 is 47.8 Å². The highest BCUT2D eigenvalue weighted by Crippen LogP contribution is 2.42. The molecule has 0 spiro atoms. The predicted octanol–water partition coefficient (Wildman–Crippen LogP) is 26.0. The molecule has 10 nitrogen and oxygen atoms in total. The molecule has 586 valence electrons. The Morgan fingerprint density at radius 3 is 1.17 bits per heavy atom. The van der Waals surface area contributed by atoms with Crippen LogP contribution in [0.5, 0.6) is 0 Å². The van der Waals surface area contributed by atoms with Gasteiger partial charge in [0.1, 0.15) is 18.8 Å². The van der Waals surface area contributed by atoms with E-state index in [0.717, 1.165) is 40.7 Å². The van der Waals surface area contributed by atoms with Crippen LogP contribution in [0.15, 0.2) is 176 Å². The first-order valence-electron chi connectivity index (χ1n) is 43.0. The molecule has 109 heavy (non-hydrogen) atoms. The fourth-order valence-corrected chi connectivity index (χ4v) is 17.8. The lowest BCUT2D eigenvalue weighted by Crippen LogP contribution is -2.36. The summed E-state index contributed by atoms with van der Waals surface area (Å²) in [5, 5.41) is 0. The van der Waals surface area contributed by atoms with Gasteiger partial charge in [0.15, 0.2) is 12.2 Å². The molecular weight excluding hydrogens is 1350 g/mol. The molecule has 0 N–H and O–H groups in total. The summed E-state index contributed by atoms with van der Waals surface area (Å²) in [6, 6.07) is 59.8. The lowest BCUT2D eigenvalue weighted by atomic mass is 9.77. The number of hydrogen-bond acceptors (Lipinski definition) is 10. The third-order valence-electron chi connectivity index (χ3n) is 25.3. The van der Waals surface area contributed by atoms with Crippen LogP contribution in [0.1, 0.15) is 333 Å². The molecule has 6 aliphatic rings. The van der Waals surface area contributed by atoms with Crippen LogP contribution < -0.4 is 0 Å². The average Bonchev–Trinajstić information content (AvgIpc) is 1.65. The third kappa shape index (κ3) is 25.1. The summed E-state index contributed by atoms with van der Waals surface area (Å²) in [5.74, 6) is 5.51. The molecule has 0 amide bonds. The first-order chi connectivity index (χ1) is 53.3. The van der Waals surface area contributed by atoms with Crippen LogP contribution in [-0.2, 0) is 46.5 Å². The Kier molecular flexibility index (Phi) is 33.1. The number of carbonyl (C=O) groups is 3. The highest BCUT2D eigenvalue weighted by atomic mass is 17.2. The number of hydrogen-bond donors (Lipinski definition) is 0. The second-order valence-corrected chi connectivity index (χ2v) is 33.5. The van der Waals surface area contributed by atoms with Crippen LogP contribution in [0.4, 0.5) is 0 Å². The Morgan fingerprint density at radius 1 is 0.413 bits per heavy atom. The number of ether oxygens (including phenoxy) is 5. The molecule has 2 aliphatic heterocycles. The van der Waals surface area contributed by atoms with Crippen LogP contribution in [0, 0.1) is 36.5 Å². The molecule has 3 unspecified atom stereocenters. The molecule has 4 saturated carbocycles. The van der Waals surface area contributed by atoms with E-state index in [9.17, 15) is 14.4 Å². The molecule has 7 aromatic carbocycles. The minimum atomic E-state index is -0.958. The molecule has 10 heteroatoms. The third-order valence-corrected chi connectivity index (χ3v) is 25.3. The van der Waals surface area contributed by atoms with E-state index < -0.39 is 36.7 Å². The number of aryl methyl sites for hydroxylation is 1. The summed E-state index contributed by atoms with van der Waals surface area (Å²) in [6.07, 6.45) is 36.1. The summed E-state index contributed by atoms with van der Waals surface area (Å²) in [5.41, 5.74) is 14.1. The van der Waals surface area contributed by atoms with Gasteiger partial charge < -0.3 is 23.7 Å². The first-order valence-corrected chi connectivity index (χ1v) is 43.0. The summed E-state index contributed by atoms with van der Waals surface area (Å²) in [6.45, 7) is 16.6. The SMILES string of the molecule is CCC(C)Cc1ccc(-c2ccc(C)cc2)cc1.CCCCCC1CCC(c2ccc(C(=O)OC(OOCc3ccc(C4CCC(C)CC4)cc3)c3ccccc3)cc2)CC1.CCCCCC1CCC(c2ccc(C(=O)O[C@H]3CO[C@H]4C3OC[C@H]4OC(=O)c3ccc(C4CCC(CCCCC)CC4)cc3)cc2)CC1. The minimum Gasteiger partial charge on any atom is -0.453 e. The van der Waals surface area contributed by atoms with Gasteiger partial charge in [0.25, 0.3) is 6.29 Å². The zero-order valence-corrected chi connectivity index (χ0v) is 67.2. The Morgan fingerprint density at radius 2 is 0.780 bits per heavy atom. The van der Waals surface area contributed by atoms with E-state index in [1.807, 2.05) is 66.7 Å². The topological polar surface area (TPSA) is 116 Å². The molecule has 6 atom stereocenters. The molecule has 0 bridgehead atoms. The lowest BCUT2D eigenvalue weighted by molar-refractivity contribution is -0.379. The monoisotopic (exact) mass is 1480 g/mol. The molecule has 13 rings (SSSR count). The number of fused-ring (bicyclic) bond motifs is 1. The Labute approximate surface area is 655 Å². The van der Waals surface area contributed by atoms with E-state index >= 15 is 0 Å². The average molecular weight is 1480 g/mol. The van der Waals surface area contributed by atoms with Crippen LogP contribution in [0.25, 0.3) is 11.1 Å². The Balaban J connectivity index is 0.000000177. The van der Waals surface area contributed by atoms with Gasteiger partial charge in [0.05, 0.1) is 29.9 Å². The molecule has 6 fully saturated rings. The van der Waals surface area contributed by atoms with Gasteiger partial charge in [-0.2, -0.15) is 4.89 Å². The Bertz CT molecular complexity index is 3640. The summed E-state index contributed by atoms with van der Waals surface area (Å²) >= 11 is 0. The van der Waals surface area contributed by atoms with Crippen LogP contribution in [0.3, 0.4) is 0 Å². The van der Waals surface area contributed by atoms with Gasteiger partial charge in [-0.3, -0.25) is 0 Å². The molecule has 4 aliphatic carbocycles. The van der Waals surface area contributed by atoms with Crippen molar-refractivity contribution in [2.24, 2.45) is 29.6 Å². The second-order valence-electron chi connectivity index (χ2n) is 33.5. The highest BCUT2D eigenvalue weighted by molar-refractivity contribution is 5.90. The maximum atomic E-state index is 13.2. The molecule has 7 aromatic rings. The molecule has 2 heterocycles. The second kappa shape index (κ2) is 43.6. The molecule has 0 radical (unpaired) electrons. The number of carbonyl (C=O) groups excluding carboxylic acids is 3. The number of esters is 3. The van der Waals surface area contributed by atoms with Crippen molar-refractivity contribution in [3.63, 3.8) is 0 Å². The van der Waals surface area contributed by atoms with Crippen LogP contribution >= 0.6 is 0 Å².